The lowest BCUT2D eigenvalue weighted by atomic mass is 10.2. The van der Waals surface area contributed by atoms with Gasteiger partial charge in [0.2, 0.25) is 5.91 Å². The van der Waals surface area contributed by atoms with Crippen LogP contribution in [0, 0.1) is 0 Å². The fourth-order valence-corrected chi connectivity index (χ4v) is 2.51. The minimum atomic E-state index is -0.523. The van der Waals surface area contributed by atoms with E-state index < -0.39 is 12.0 Å². The van der Waals surface area contributed by atoms with Crippen LogP contribution in [0.4, 0.5) is 0 Å². The van der Waals surface area contributed by atoms with Gasteiger partial charge < -0.3 is 10.5 Å². The standard InChI is InChI=1S/C12H14BrClN2O2/c13-9-1-2-10(14)8(5-9)6-16-3-4-18-11(7-16)12(15)17/h1-2,5,11H,3-4,6-7H2,(H2,15,17). The van der Waals surface area contributed by atoms with Crippen molar-refractivity contribution >= 4 is 33.4 Å². The molecule has 0 aromatic heterocycles. The van der Waals surface area contributed by atoms with Gasteiger partial charge in [-0.1, -0.05) is 27.5 Å². The Bertz CT molecular complexity index is 456. The molecule has 6 heteroatoms. The lowest BCUT2D eigenvalue weighted by molar-refractivity contribution is -0.135. The maximum Gasteiger partial charge on any atom is 0.247 e. The fraction of sp³-hybridized carbons (Fsp3) is 0.417. The van der Waals surface area contributed by atoms with Crippen molar-refractivity contribution in [3.63, 3.8) is 0 Å². The second-order valence-corrected chi connectivity index (χ2v) is 5.56. The molecule has 1 aliphatic rings. The number of benzene rings is 1. The first-order valence-corrected chi connectivity index (χ1v) is 6.80. The molecule has 1 amide bonds. The molecule has 98 valence electrons. The molecular formula is C12H14BrClN2O2. The highest BCUT2D eigenvalue weighted by molar-refractivity contribution is 9.10. The highest BCUT2D eigenvalue weighted by Crippen LogP contribution is 2.23. The summed E-state index contributed by atoms with van der Waals surface area (Å²) in [4.78, 5) is 13.2. The summed E-state index contributed by atoms with van der Waals surface area (Å²) < 4.78 is 6.29. The van der Waals surface area contributed by atoms with Crippen LogP contribution in [0.3, 0.4) is 0 Å². The van der Waals surface area contributed by atoms with Crippen molar-refractivity contribution in [2.24, 2.45) is 5.73 Å². The number of nitrogens with two attached hydrogens (primary N) is 1. The van der Waals surface area contributed by atoms with Crippen LogP contribution >= 0.6 is 27.5 Å². The third-order valence-corrected chi connectivity index (χ3v) is 3.73. The Morgan fingerprint density at radius 3 is 3.11 bits per heavy atom. The van der Waals surface area contributed by atoms with Crippen molar-refractivity contribution < 1.29 is 9.53 Å². The monoisotopic (exact) mass is 332 g/mol. The molecule has 1 aromatic rings. The van der Waals surface area contributed by atoms with Crippen LogP contribution in [0.1, 0.15) is 5.56 Å². The smallest absolute Gasteiger partial charge is 0.247 e. The summed E-state index contributed by atoms with van der Waals surface area (Å²) in [6.45, 7) is 2.48. The summed E-state index contributed by atoms with van der Waals surface area (Å²) in [6.07, 6.45) is -0.523. The zero-order chi connectivity index (χ0) is 13.1. The van der Waals surface area contributed by atoms with Gasteiger partial charge in [0.15, 0.2) is 0 Å². The van der Waals surface area contributed by atoms with E-state index in [0.717, 1.165) is 21.6 Å². The zero-order valence-corrected chi connectivity index (χ0v) is 12.1. The van der Waals surface area contributed by atoms with Crippen molar-refractivity contribution in [3.8, 4) is 0 Å². The number of rotatable bonds is 3. The van der Waals surface area contributed by atoms with Gasteiger partial charge in [-0.05, 0) is 23.8 Å². The maximum absolute atomic E-state index is 11.1. The number of primary amides is 1. The Morgan fingerprint density at radius 1 is 1.61 bits per heavy atom. The highest BCUT2D eigenvalue weighted by Gasteiger charge is 2.24. The highest BCUT2D eigenvalue weighted by atomic mass is 79.9. The molecule has 1 aliphatic heterocycles. The summed E-state index contributed by atoms with van der Waals surface area (Å²) in [5, 5.41) is 0.723. The van der Waals surface area contributed by atoms with Gasteiger partial charge in [-0.15, -0.1) is 0 Å². The summed E-state index contributed by atoms with van der Waals surface area (Å²) >= 11 is 9.56. The topological polar surface area (TPSA) is 55.6 Å². The number of morpholine rings is 1. The van der Waals surface area contributed by atoms with E-state index >= 15 is 0 Å². The number of ether oxygens (including phenoxy) is 1. The molecular weight excluding hydrogens is 320 g/mol. The van der Waals surface area contributed by atoms with Crippen LogP contribution in [0.5, 0.6) is 0 Å². The van der Waals surface area contributed by atoms with Crippen molar-refractivity contribution in [1.82, 2.24) is 4.90 Å². The van der Waals surface area contributed by atoms with Crippen molar-refractivity contribution in [2.75, 3.05) is 19.7 Å². The average Bonchev–Trinajstić information content (AvgIpc) is 2.34. The van der Waals surface area contributed by atoms with Gasteiger partial charge in [-0.3, -0.25) is 9.69 Å². The Kier molecular flexibility index (Phi) is 4.61. The van der Waals surface area contributed by atoms with E-state index in [-0.39, 0.29) is 0 Å². The lowest BCUT2D eigenvalue weighted by Gasteiger charge is -2.31. The van der Waals surface area contributed by atoms with Crippen LogP contribution in [-0.4, -0.2) is 36.6 Å². The minimum Gasteiger partial charge on any atom is -0.367 e. The molecule has 1 saturated heterocycles. The molecule has 18 heavy (non-hydrogen) atoms. The predicted octanol–water partition coefficient (Wildman–Crippen LogP) is 1.79. The second-order valence-electron chi connectivity index (χ2n) is 4.23. The van der Waals surface area contributed by atoms with Crippen molar-refractivity contribution in [3.05, 3.63) is 33.3 Å². The lowest BCUT2D eigenvalue weighted by Crippen LogP contribution is -2.47. The first-order valence-electron chi connectivity index (χ1n) is 5.63. The van der Waals surface area contributed by atoms with E-state index in [0.29, 0.717) is 19.7 Å². The minimum absolute atomic E-state index is 0.417. The van der Waals surface area contributed by atoms with Crippen LogP contribution in [-0.2, 0) is 16.1 Å². The van der Waals surface area contributed by atoms with Crippen LogP contribution in [0.25, 0.3) is 0 Å². The Balaban J connectivity index is 2.04. The number of carbonyl (C=O) groups excluding carboxylic acids is 1. The van der Waals surface area contributed by atoms with Gasteiger partial charge in [-0.25, -0.2) is 0 Å². The molecule has 1 unspecified atom stereocenters. The van der Waals surface area contributed by atoms with Crippen molar-refractivity contribution in [2.45, 2.75) is 12.6 Å². The van der Waals surface area contributed by atoms with Gasteiger partial charge in [-0.2, -0.15) is 0 Å². The Labute approximate surface area is 119 Å². The Hall–Kier alpha value is -0.620. The molecule has 0 bridgehead atoms. The summed E-state index contributed by atoms with van der Waals surface area (Å²) in [5.41, 5.74) is 6.28. The third-order valence-electron chi connectivity index (χ3n) is 2.87. The number of amides is 1. The van der Waals surface area contributed by atoms with Crippen LogP contribution in [0.15, 0.2) is 22.7 Å². The van der Waals surface area contributed by atoms with E-state index in [2.05, 4.69) is 20.8 Å². The molecule has 4 nitrogen and oxygen atoms in total. The van der Waals surface area contributed by atoms with Crippen molar-refractivity contribution in [1.29, 1.82) is 0 Å². The van der Waals surface area contributed by atoms with Crippen LogP contribution in [0.2, 0.25) is 5.02 Å². The van der Waals surface area contributed by atoms with Crippen LogP contribution < -0.4 is 5.73 Å². The molecule has 2 rings (SSSR count). The number of hydrogen-bond acceptors (Lipinski definition) is 3. The number of carbonyl (C=O) groups is 1. The maximum atomic E-state index is 11.1. The quantitative estimate of drug-likeness (QED) is 0.917. The first-order chi connectivity index (χ1) is 8.56. The summed E-state index contributed by atoms with van der Waals surface area (Å²) in [5.74, 6) is -0.417. The van der Waals surface area contributed by atoms with E-state index in [1.165, 1.54) is 0 Å². The second kappa shape index (κ2) is 6.02. The van der Waals surface area contributed by atoms with Gasteiger partial charge in [0.05, 0.1) is 6.61 Å². The third kappa shape index (κ3) is 3.45. The summed E-state index contributed by atoms with van der Waals surface area (Å²) in [6, 6.07) is 5.74. The van der Waals surface area contributed by atoms with E-state index in [9.17, 15) is 4.79 Å². The van der Waals surface area contributed by atoms with E-state index in [1.807, 2.05) is 18.2 Å². The molecule has 1 atom stereocenters. The van der Waals surface area contributed by atoms with Gasteiger partial charge in [0.1, 0.15) is 6.10 Å². The number of halogens is 2. The SMILES string of the molecule is NC(=O)C1CN(Cc2cc(Br)ccc2Cl)CCO1. The molecule has 0 aliphatic carbocycles. The molecule has 2 N–H and O–H groups in total. The Morgan fingerprint density at radius 2 is 2.39 bits per heavy atom. The van der Waals surface area contributed by atoms with Gasteiger partial charge in [0.25, 0.3) is 0 Å². The zero-order valence-electron chi connectivity index (χ0n) is 9.73. The molecule has 0 saturated carbocycles. The number of nitrogens with zero attached hydrogens (tertiary/aromatic N) is 1. The molecule has 1 heterocycles. The molecule has 1 fully saturated rings. The van der Waals surface area contributed by atoms with E-state index in [4.69, 9.17) is 22.1 Å². The van der Waals surface area contributed by atoms with Gasteiger partial charge in [0, 0.05) is 29.1 Å². The summed E-state index contributed by atoms with van der Waals surface area (Å²) in [7, 11) is 0. The largest absolute Gasteiger partial charge is 0.367 e. The first kappa shape index (κ1) is 13.8. The fourth-order valence-electron chi connectivity index (χ4n) is 1.92. The predicted molar refractivity (Wildman–Crippen MR) is 73.4 cm³/mol. The number of hydrogen-bond donors (Lipinski definition) is 1. The molecule has 0 radical (unpaired) electrons. The van der Waals surface area contributed by atoms with Gasteiger partial charge >= 0.3 is 0 Å². The van der Waals surface area contributed by atoms with E-state index in [1.54, 1.807) is 0 Å². The molecule has 0 spiro atoms. The average molecular weight is 334 g/mol. The molecule has 1 aromatic carbocycles. The normalized spacial score (nSPS) is 20.9.